The monoisotopic (exact) mass is 148 g/mol. The van der Waals surface area contributed by atoms with Crippen molar-refractivity contribution in [2.24, 2.45) is 4.99 Å². The van der Waals surface area contributed by atoms with E-state index in [1.807, 2.05) is 30.3 Å². The van der Waals surface area contributed by atoms with Crippen molar-refractivity contribution in [1.82, 2.24) is 0 Å². The van der Waals surface area contributed by atoms with Gasteiger partial charge in [0.1, 0.15) is 8.86 Å². The average molecular weight is 148 g/mol. The Kier molecular flexibility index (Phi) is 2.67. The van der Waals surface area contributed by atoms with Gasteiger partial charge in [0.25, 0.3) is 0 Å². The average Bonchev–Trinajstić information content (AvgIpc) is 2.03. The molecule has 0 aliphatic carbocycles. The van der Waals surface area contributed by atoms with Crippen LogP contribution in [0.5, 0.6) is 0 Å². The van der Waals surface area contributed by atoms with Crippen molar-refractivity contribution in [1.29, 1.82) is 0 Å². The van der Waals surface area contributed by atoms with Crippen molar-refractivity contribution in [2.45, 2.75) is 0 Å². The van der Waals surface area contributed by atoms with Gasteiger partial charge in [-0.3, -0.25) is 0 Å². The molecule has 1 aromatic carbocycles. The number of nitrogens with zero attached hydrogens (tertiary/aromatic N) is 1. The minimum absolute atomic E-state index is 0.900. The molecule has 0 fully saturated rings. The van der Waals surface area contributed by atoms with Crippen molar-refractivity contribution in [3.05, 3.63) is 30.3 Å². The van der Waals surface area contributed by atoms with Crippen molar-refractivity contribution in [3.8, 4) is 0 Å². The molecule has 0 N–H and O–H groups in total. The van der Waals surface area contributed by atoms with Gasteiger partial charge in [-0.2, -0.15) is 4.99 Å². The van der Waals surface area contributed by atoms with Gasteiger partial charge in [0.05, 0.1) is 11.6 Å². The first-order chi connectivity index (χ1) is 4.93. The van der Waals surface area contributed by atoms with Gasteiger partial charge in [-0.25, -0.2) is 0 Å². The van der Waals surface area contributed by atoms with Crippen LogP contribution in [0.3, 0.4) is 0 Å². The first-order valence-electron chi connectivity index (χ1n) is 2.90. The normalized spacial score (nSPS) is 7.60. The summed E-state index contributed by atoms with van der Waals surface area (Å²) in [4.78, 5) is 3.94. The maximum absolute atomic E-state index is 3.94. The zero-order valence-corrected chi connectivity index (χ0v) is 6.57. The van der Waals surface area contributed by atoms with E-state index in [9.17, 15) is 0 Å². The van der Waals surface area contributed by atoms with E-state index < -0.39 is 0 Å². The fraction of sp³-hybridized carbons (Fsp3) is 0. The van der Waals surface area contributed by atoms with Crippen LogP contribution in [0.4, 0.5) is 5.69 Å². The molecule has 1 rings (SSSR count). The maximum Gasteiger partial charge on any atom is 0.153 e. The Balaban J connectivity index is 2.97. The zero-order chi connectivity index (χ0) is 7.23. The van der Waals surface area contributed by atoms with Crippen LogP contribution in [0.25, 0.3) is 0 Å². The summed E-state index contributed by atoms with van der Waals surface area (Å²) in [7, 11) is 2.30. The van der Waals surface area contributed by atoms with Gasteiger partial charge < -0.3 is 0 Å². The Morgan fingerprint density at radius 3 is 2.50 bits per heavy atom. The second kappa shape index (κ2) is 3.82. The molecule has 0 heterocycles. The van der Waals surface area contributed by atoms with Crippen LogP contribution in [0.15, 0.2) is 35.3 Å². The molecular weight excluding hydrogens is 141 g/mol. The van der Waals surface area contributed by atoms with Crippen molar-refractivity contribution in [2.75, 3.05) is 0 Å². The van der Waals surface area contributed by atoms with Crippen LogP contribution >= 0.6 is 8.86 Å². The molecule has 1 atom stereocenters. The second-order valence-electron chi connectivity index (χ2n) is 1.70. The lowest BCUT2D eigenvalue weighted by atomic mass is 10.3. The Bertz CT molecular complexity index is 279. The summed E-state index contributed by atoms with van der Waals surface area (Å²) in [6, 6.07) is 9.64. The molecule has 1 unspecified atom stereocenters. The fourth-order valence-corrected chi connectivity index (χ4v) is 0.664. The summed E-state index contributed by atoms with van der Waals surface area (Å²) in [5.41, 5.74) is 3.52. The lowest BCUT2D eigenvalue weighted by Gasteiger charge is -1.83. The highest BCUT2D eigenvalue weighted by molar-refractivity contribution is 7.18. The highest BCUT2D eigenvalue weighted by atomic mass is 31.0. The molecular formula is C8H7NP+. The first kappa shape index (κ1) is 6.99. The second-order valence-corrected chi connectivity index (χ2v) is 1.99. The standard InChI is InChI=1S/C8H6NP/c10-7-6-9-8-4-2-1-3-5-8/h1-5,10H/p+1. The Labute approximate surface area is 62.0 Å². The van der Waals surface area contributed by atoms with Gasteiger partial charge in [-0.1, -0.05) is 18.2 Å². The van der Waals surface area contributed by atoms with Gasteiger partial charge in [-0.05, 0) is 12.1 Å². The lowest BCUT2D eigenvalue weighted by Crippen LogP contribution is -1.60. The summed E-state index contributed by atoms with van der Waals surface area (Å²) >= 11 is 0. The van der Waals surface area contributed by atoms with E-state index in [0.29, 0.717) is 0 Å². The molecule has 0 spiro atoms. The summed E-state index contributed by atoms with van der Waals surface area (Å²) in [5, 5.41) is 0. The molecule has 0 bridgehead atoms. The first-order valence-corrected chi connectivity index (χ1v) is 3.47. The van der Waals surface area contributed by atoms with Crippen LogP contribution in [0, 0.1) is 0 Å². The number of hydrogen-bond acceptors (Lipinski definition) is 1. The summed E-state index contributed by atoms with van der Waals surface area (Å²) in [6.07, 6.45) is 0. The van der Waals surface area contributed by atoms with Crippen LogP contribution in [0.1, 0.15) is 0 Å². The van der Waals surface area contributed by atoms with Crippen LogP contribution in [0.2, 0.25) is 0 Å². The maximum atomic E-state index is 3.94. The van der Waals surface area contributed by atoms with E-state index in [1.54, 1.807) is 0 Å². The number of para-hydroxylation sites is 1. The van der Waals surface area contributed by atoms with E-state index in [2.05, 4.69) is 25.2 Å². The van der Waals surface area contributed by atoms with E-state index >= 15 is 0 Å². The van der Waals surface area contributed by atoms with Gasteiger partial charge in [0.2, 0.25) is 0 Å². The number of aliphatic imine (C=N–C) groups is 1. The molecule has 2 heteroatoms. The number of hydrogen-bond donors (Lipinski definition) is 0. The molecule has 0 saturated carbocycles. The summed E-state index contributed by atoms with van der Waals surface area (Å²) in [5.74, 6) is 2.60. The summed E-state index contributed by atoms with van der Waals surface area (Å²) < 4.78 is 0. The number of rotatable bonds is 1. The quantitative estimate of drug-likeness (QED) is 0.425. The van der Waals surface area contributed by atoms with Crippen molar-refractivity contribution in [3.63, 3.8) is 0 Å². The van der Waals surface area contributed by atoms with Gasteiger partial charge in [0.15, 0.2) is 5.45 Å². The third-order valence-electron chi connectivity index (χ3n) is 1.01. The predicted octanol–water partition coefficient (Wildman–Crippen LogP) is 1.82. The molecule has 10 heavy (non-hydrogen) atoms. The minimum Gasteiger partial charge on any atom is -0.195 e. The molecule has 1 aromatic rings. The smallest absolute Gasteiger partial charge is 0.153 e. The Hall–Kier alpha value is -1.12. The molecule has 1 nitrogen and oxygen atoms in total. The largest absolute Gasteiger partial charge is 0.195 e. The van der Waals surface area contributed by atoms with E-state index in [4.69, 9.17) is 0 Å². The van der Waals surface area contributed by atoms with Crippen molar-refractivity contribution >= 4 is 25.9 Å². The van der Waals surface area contributed by atoms with Crippen LogP contribution in [-0.4, -0.2) is 11.3 Å². The summed E-state index contributed by atoms with van der Waals surface area (Å²) in [6.45, 7) is 0. The van der Waals surface area contributed by atoms with Crippen LogP contribution in [-0.2, 0) is 0 Å². The third kappa shape index (κ3) is 2.01. The zero-order valence-electron chi connectivity index (χ0n) is 5.41. The molecule has 0 aromatic heterocycles. The van der Waals surface area contributed by atoms with E-state index in [1.165, 1.54) is 0 Å². The highest BCUT2D eigenvalue weighted by Crippen LogP contribution is 2.07. The Morgan fingerprint density at radius 1 is 1.20 bits per heavy atom. The fourth-order valence-electron chi connectivity index (χ4n) is 0.599. The molecule has 0 aliphatic heterocycles. The molecule has 0 aliphatic rings. The highest BCUT2D eigenvalue weighted by Gasteiger charge is 1.79. The van der Waals surface area contributed by atoms with Gasteiger partial charge >= 0.3 is 0 Å². The van der Waals surface area contributed by atoms with Crippen molar-refractivity contribution < 1.29 is 0 Å². The van der Waals surface area contributed by atoms with E-state index in [0.717, 1.165) is 5.69 Å². The Morgan fingerprint density at radius 2 is 1.90 bits per heavy atom. The molecule has 0 amide bonds. The van der Waals surface area contributed by atoms with Gasteiger partial charge in [0, 0.05) is 0 Å². The molecule has 0 radical (unpaired) electrons. The number of benzene rings is 1. The van der Waals surface area contributed by atoms with Gasteiger partial charge in [-0.15, -0.1) is 0 Å². The topological polar surface area (TPSA) is 12.4 Å². The van der Waals surface area contributed by atoms with E-state index in [-0.39, 0.29) is 0 Å². The predicted molar refractivity (Wildman–Crippen MR) is 48.3 cm³/mol. The molecule has 48 valence electrons. The third-order valence-corrected chi connectivity index (χ3v) is 1.13. The van der Waals surface area contributed by atoms with Crippen LogP contribution < -0.4 is 0 Å². The molecule has 0 saturated heterocycles. The lowest BCUT2D eigenvalue weighted by molar-refractivity contribution is 1.55. The minimum atomic E-state index is 0.900. The SMILES string of the molecule is [PH2+]=C=C=Nc1ccccc1.